The van der Waals surface area contributed by atoms with Crippen molar-refractivity contribution in [1.82, 2.24) is 21.1 Å². The van der Waals surface area contributed by atoms with Crippen molar-refractivity contribution in [3.8, 4) is 11.3 Å². The molecular weight excluding hydrogens is 356 g/mol. The summed E-state index contributed by atoms with van der Waals surface area (Å²) in [4.78, 5) is 23.1. The molecule has 1 aliphatic rings. The van der Waals surface area contributed by atoms with E-state index in [1.807, 2.05) is 36.4 Å². The minimum atomic E-state index is -0.0878. The van der Waals surface area contributed by atoms with Crippen molar-refractivity contribution in [3.63, 3.8) is 0 Å². The maximum atomic E-state index is 12.3. The number of amides is 2. The third-order valence-corrected chi connectivity index (χ3v) is 5.12. The van der Waals surface area contributed by atoms with E-state index in [0.717, 1.165) is 42.9 Å². The number of aromatic nitrogens is 1. The predicted molar refractivity (Wildman–Crippen MR) is 106 cm³/mol. The molecule has 3 rings (SSSR count). The summed E-state index contributed by atoms with van der Waals surface area (Å²) in [5, 5.41) is 13.2. The van der Waals surface area contributed by atoms with E-state index >= 15 is 0 Å². The molecule has 1 aromatic carbocycles. The van der Waals surface area contributed by atoms with Crippen molar-refractivity contribution in [3.05, 3.63) is 42.1 Å². The fourth-order valence-electron chi connectivity index (χ4n) is 3.65. The molecule has 150 valence electrons. The Labute approximate surface area is 165 Å². The van der Waals surface area contributed by atoms with E-state index < -0.39 is 0 Å². The van der Waals surface area contributed by atoms with Gasteiger partial charge in [0.1, 0.15) is 0 Å². The van der Waals surface area contributed by atoms with Crippen molar-refractivity contribution >= 4 is 11.8 Å². The van der Waals surface area contributed by atoms with Crippen LogP contribution >= 0.6 is 0 Å². The highest BCUT2D eigenvalue weighted by Crippen LogP contribution is 2.27. The van der Waals surface area contributed by atoms with Crippen LogP contribution in [0.2, 0.25) is 0 Å². The molecular formula is C21H28N4O3. The summed E-state index contributed by atoms with van der Waals surface area (Å²) < 4.78 is 5.51. The number of carbonyl (C=O) groups excluding carboxylic acids is 2. The maximum absolute atomic E-state index is 12.3. The Morgan fingerprint density at radius 3 is 2.75 bits per heavy atom. The van der Waals surface area contributed by atoms with Crippen molar-refractivity contribution in [2.24, 2.45) is 11.8 Å². The molecule has 3 N–H and O–H groups in total. The molecule has 1 fully saturated rings. The molecule has 0 aliphatic carbocycles. The monoisotopic (exact) mass is 384 g/mol. The lowest BCUT2D eigenvalue weighted by molar-refractivity contribution is -0.123. The zero-order chi connectivity index (χ0) is 19.8. The molecule has 7 heteroatoms. The van der Waals surface area contributed by atoms with Gasteiger partial charge in [0.15, 0.2) is 5.76 Å². The zero-order valence-electron chi connectivity index (χ0n) is 16.2. The molecule has 0 spiro atoms. The normalized spacial score (nSPS) is 19.2. The Bertz CT molecular complexity index is 775. The zero-order valence-corrected chi connectivity index (χ0v) is 16.2. The second-order valence-electron chi connectivity index (χ2n) is 7.30. The van der Waals surface area contributed by atoms with Gasteiger partial charge in [0.25, 0.3) is 0 Å². The lowest BCUT2D eigenvalue weighted by Gasteiger charge is -2.31. The van der Waals surface area contributed by atoms with E-state index in [2.05, 4.69) is 21.1 Å². The van der Waals surface area contributed by atoms with Gasteiger partial charge in [-0.05, 0) is 37.8 Å². The van der Waals surface area contributed by atoms with Gasteiger partial charge in [0.05, 0.1) is 5.69 Å². The second-order valence-corrected chi connectivity index (χ2v) is 7.30. The number of benzene rings is 1. The molecule has 0 bridgehead atoms. The first-order valence-electron chi connectivity index (χ1n) is 9.84. The van der Waals surface area contributed by atoms with Gasteiger partial charge in [0, 0.05) is 38.1 Å². The van der Waals surface area contributed by atoms with Gasteiger partial charge in [-0.1, -0.05) is 35.5 Å². The first-order chi connectivity index (χ1) is 13.6. The van der Waals surface area contributed by atoms with Crippen molar-refractivity contribution in [2.75, 3.05) is 26.2 Å². The Kier molecular flexibility index (Phi) is 7.19. The summed E-state index contributed by atoms with van der Waals surface area (Å²) in [5.74, 6) is 1.36. The van der Waals surface area contributed by atoms with Gasteiger partial charge in [-0.3, -0.25) is 9.59 Å². The van der Waals surface area contributed by atoms with E-state index in [9.17, 15) is 9.59 Å². The van der Waals surface area contributed by atoms with Gasteiger partial charge in [-0.25, -0.2) is 0 Å². The number of nitrogens with zero attached hydrogens (tertiary/aromatic N) is 1. The number of carbonyl (C=O) groups is 2. The highest BCUT2D eigenvalue weighted by molar-refractivity contribution is 5.76. The Hall–Kier alpha value is -2.67. The first kappa shape index (κ1) is 20.1. The van der Waals surface area contributed by atoms with Crippen molar-refractivity contribution in [1.29, 1.82) is 0 Å². The molecule has 0 saturated carbocycles. The van der Waals surface area contributed by atoms with Crippen LogP contribution in [-0.2, 0) is 16.0 Å². The standard InChI is InChI=1S/C21H28N4O3/c1-15(26)23-9-10-24-21(27)12-17-7-8-22-14-18(17)11-19-13-20(28-25-19)16-5-3-2-4-6-16/h2-6,13,17-18,22H,7-12,14H2,1H3,(H,23,26)(H,24,27)/t17-,18+/m1/s1. The molecule has 7 nitrogen and oxygen atoms in total. The third-order valence-electron chi connectivity index (χ3n) is 5.12. The quantitative estimate of drug-likeness (QED) is 0.603. The summed E-state index contributed by atoms with van der Waals surface area (Å²) >= 11 is 0. The van der Waals surface area contributed by atoms with Crippen molar-refractivity contribution < 1.29 is 14.1 Å². The summed E-state index contributed by atoms with van der Waals surface area (Å²) in [5.41, 5.74) is 1.93. The molecule has 2 amide bonds. The van der Waals surface area contributed by atoms with Crippen LogP contribution in [0.4, 0.5) is 0 Å². The average molecular weight is 384 g/mol. The number of rotatable bonds is 8. The summed E-state index contributed by atoms with van der Waals surface area (Å²) in [6, 6.07) is 11.9. The molecule has 0 radical (unpaired) electrons. The lowest BCUT2D eigenvalue weighted by atomic mass is 9.81. The fraction of sp³-hybridized carbons (Fsp3) is 0.476. The maximum Gasteiger partial charge on any atom is 0.220 e. The smallest absolute Gasteiger partial charge is 0.220 e. The summed E-state index contributed by atoms with van der Waals surface area (Å²) in [7, 11) is 0. The minimum Gasteiger partial charge on any atom is -0.356 e. The molecule has 2 aromatic rings. The highest BCUT2D eigenvalue weighted by atomic mass is 16.5. The summed E-state index contributed by atoms with van der Waals surface area (Å²) in [6.45, 7) is 4.18. The molecule has 1 aromatic heterocycles. The number of nitrogens with one attached hydrogen (secondary N) is 3. The van der Waals surface area contributed by atoms with Crippen LogP contribution in [0, 0.1) is 11.8 Å². The van der Waals surface area contributed by atoms with E-state index in [1.54, 1.807) is 0 Å². The predicted octanol–water partition coefficient (Wildman–Crippen LogP) is 1.75. The van der Waals surface area contributed by atoms with E-state index in [4.69, 9.17) is 4.52 Å². The van der Waals surface area contributed by atoms with E-state index in [1.165, 1.54) is 6.92 Å². The van der Waals surface area contributed by atoms with Crippen LogP contribution in [0.25, 0.3) is 11.3 Å². The molecule has 1 aliphatic heterocycles. The Balaban J connectivity index is 1.53. The van der Waals surface area contributed by atoms with Crippen LogP contribution in [0.1, 0.15) is 25.5 Å². The highest BCUT2D eigenvalue weighted by Gasteiger charge is 2.28. The van der Waals surface area contributed by atoms with Gasteiger partial charge in [-0.2, -0.15) is 0 Å². The minimum absolute atomic E-state index is 0.0346. The van der Waals surface area contributed by atoms with Crippen LogP contribution in [-0.4, -0.2) is 43.2 Å². The number of hydrogen-bond donors (Lipinski definition) is 3. The lowest BCUT2D eigenvalue weighted by Crippen LogP contribution is -2.41. The average Bonchev–Trinajstić information content (AvgIpc) is 3.16. The molecule has 28 heavy (non-hydrogen) atoms. The number of hydrogen-bond acceptors (Lipinski definition) is 5. The van der Waals surface area contributed by atoms with Gasteiger partial charge < -0.3 is 20.5 Å². The third kappa shape index (κ3) is 5.92. The topological polar surface area (TPSA) is 96.3 Å². The second kappa shape index (κ2) is 10.0. The molecule has 0 unspecified atom stereocenters. The molecule has 1 saturated heterocycles. The molecule has 2 atom stereocenters. The van der Waals surface area contributed by atoms with Crippen LogP contribution in [0.15, 0.2) is 40.9 Å². The van der Waals surface area contributed by atoms with Crippen LogP contribution in [0.5, 0.6) is 0 Å². The van der Waals surface area contributed by atoms with Gasteiger partial charge in [0.2, 0.25) is 11.8 Å². The first-order valence-corrected chi connectivity index (χ1v) is 9.84. The summed E-state index contributed by atoms with van der Waals surface area (Å²) in [6.07, 6.45) is 2.25. The Morgan fingerprint density at radius 2 is 1.96 bits per heavy atom. The van der Waals surface area contributed by atoms with Gasteiger partial charge in [-0.15, -0.1) is 0 Å². The van der Waals surface area contributed by atoms with Crippen molar-refractivity contribution in [2.45, 2.75) is 26.2 Å². The fourth-order valence-corrected chi connectivity index (χ4v) is 3.65. The largest absolute Gasteiger partial charge is 0.356 e. The number of piperidine rings is 1. The van der Waals surface area contributed by atoms with Crippen LogP contribution < -0.4 is 16.0 Å². The van der Waals surface area contributed by atoms with E-state index in [-0.39, 0.29) is 11.8 Å². The molecule has 2 heterocycles. The van der Waals surface area contributed by atoms with Gasteiger partial charge >= 0.3 is 0 Å². The van der Waals surface area contributed by atoms with E-state index in [0.29, 0.717) is 31.3 Å². The Morgan fingerprint density at radius 1 is 1.18 bits per heavy atom. The van der Waals surface area contributed by atoms with Crippen LogP contribution in [0.3, 0.4) is 0 Å². The SMILES string of the molecule is CC(=O)NCCNC(=O)C[C@H]1CCNC[C@@H]1Cc1cc(-c2ccccc2)on1.